The van der Waals surface area contributed by atoms with Gasteiger partial charge in [-0.2, -0.15) is 0 Å². The van der Waals surface area contributed by atoms with E-state index in [-0.39, 0.29) is 18.7 Å². The van der Waals surface area contributed by atoms with E-state index in [1.807, 2.05) is 6.92 Å². The highest BCUT2D eigenvalue weighted by Crippen LogP contribution is 2.04. The van der Waals surface area contributed by atoms with Crippen molar-refractivity contribution in [2.45, 2.75) is 19.8 Å². The van der Waals surface area contributed by atoms with E-state index in [0.717, 1.165) is 25.2 Å². The molecule has 0 atom stereocenters. The molecule has 5 nitrogen and oxygen atoms in total. The van der Waals surface area contributed by atoms with Crippen LogP contribution in [-0.4, -0.2) is 44.5 Å². The van der Waals surface area contributed by atoms with Gasteiger partial charge in [0.05, 0.1) is 6.26 Å². The predicted molar refractivity (Wildman–Crippen MR) is 80.1 cm³/mol. The van der Waals surface area contributed by atoms with E-state index in [0.29, 0.717) is 6.54 Å². The van der Waals surface area contributed by atoms with Crippen LogP contribution in [0, 0.1) is 5.82 Å². The van der Waals surface area contributed by atoms with Gasteiger partial charge in [0, 0.05) is 25.2 Å². The van der Waals surface area contributed by atoms with E-state index < -0.39 is 21.7 Å². The Morgan fingerprint density at radius 2 is 2.05 bits per heavy atom. The smallest absolute Gasteiger partial charge is 0.251 e. The Morgan fingerprint density at radius 1 is 1.33 bits per heavy atom. The van der Waals surface area contributed by atoms with Gasteiger partial charge in [-0.3, -0.25) is 4.79 Å². The lowest BCUT2D eigenvalue weighted by molar-refractivity contribution is 0.0951. The molecule has 1 aromatic carbocycles. The molecule has 1 N–H and O–H groups in total. The van der Waals surface area contributed by atoms with Crippen LogP contribution in [0.1, 0.15) is 30.1 Å². The number of halogens is 1. The van der Waals surface area contributed by atoms with Gasteiger partial charge in [-0.1, -0.05) is 19.4 Å². The summed E-state index contributed by atoms with van der Waals surface area (Å²) < 4.78 is 37.5. The highest BCUT2D eigenvalue weighted by Gasteiger charge is 2.16. The number of hydrogen-bond donors (Lipinski definition) is 1. The standard InChI is InChI=1S/C14H21FN2O3S/c1-3-4-9-17(21(2,19)20)10-8-16-14(18)12-6-5-7-13(15)11-12/h5-7,11H,3-4,8-10H2,1-2H3,(H,16,18). The first-order valence-corrected chi connectivity index (χ1v) is 8.68. The third kappa shape index (κ3) is 6.22. The molecule has 0 aromatic heterocycles. The number of unbranched alkanes of at least 4 members (excludes halogenated alkanes) is 1. The van der Waals surface area contributed by atoms with E-state index >= 15 is 0 Å². The normalized spacial score (nSPS) is 11.6. The second kappa shape index (κ2) is 8.09. The van der Waals surface area contributed by atoms with Crippen molar-refractivity contribution in [3.05, 3.63) is 35.6 Å². The summed E-state index contributed by atoms with van der Waals surface area (Å²) in [5, 5.41) is 2.59. The highest BCUT2D eigenvalue weighted by molar-refractivity contribution is 7.88. The van der Waals surface area contributed by atoms with Gasteiger partial charge in [-0.15, -0.1) is 0 Å². The van der Waals surface area contributed by atoms with Crippen molar-refractivity contribution < 1.29 is 17.6 Å². The van der Waals surface area contributed by atoms with Crippen LogP contribution in [0.4, 0.5) is 4.39 Å². The molecule has 0 bridgehead atoms. The largest absolute Gasteiger partial charge is 0.351 e. The van der Waals surface area contributed by atoms with Gasteiger partial charge in [-0.05, 0) is 24.6 Å². The molecular weight excluding hydrogens is 295 g/mol. The number of carbonyl (C=O) groups is 1. The van der Waals surface area contributed by atoms with Crippen LogP contribution in [0.15, 0.2) is 24.3 Å². The van der Waals surface area contributed by atoms with E-state index in [9.17, 15) is 17.6 Å². The molecule has 7 heteroatoms. The molecule has 1 aromatic rings. The van der Waals surface area contributed by atoms with Gasteiger partial charge in [0.2, 0.25) is 10.0 Å². The maximum Gasteiger partial charge on any atom is 0.251 e. The van der Waals surface area contributed by atoms with E-state index in [4.69, 9.17) is 0 Å². The van der Waals surface area contributed by atoms with E-state index in [1.54, 1.807) is 0 Å². The molecule has 0 heterocycles. The first-order valence-electron chi connectivity index (χ1n) is 6.83. The van der Waals surface area contributed by atoms with Crippen molar-refractivity contribution in [1.29, 1.82) is 0 Å². The maximum atomic E-state index is 13.0. The van der Waals surface area contributed by atoms with Crippen LogP contribution in [0.2, 0.25) is 0 Å². The molecule has 0 aliphatic heterocycles. The van der Waals surface area contributed by atoms with Crippen molar-refractivity contribution in [1.82, 2.24) is 9.62 Å². The number of nitrogens with one attached hydrogen (secondary N) is 1. The number of sulfonamides is 1. The molecule has 0 saturated carbocycles. The molecule has 0 aliphatic carbocycles. The first-order chi connectivity index (χ1) is 9.84. The Balaban J connectivity index is 2.52. The van der Waals surface area contributed by atoms with Gasteiger partial charge in [0.25, 0.3) is 5.91 Å². The Hall–Kier alpha value is -1.47. The third-order valence-electron chi connectivity index (χ3n) is 2.96. The fraction of sp³-hybridized carbons (Fsp3) is 0.500. The quantitative estimate of drug-likeness (QED) is 0.792. The van der Waals surface area contributed by atoms with Gasteiger partial charge in [0.15, 0.2) is 0 Å². The van der Waals surface area contributed by atoms with Crippen LogP contribution >= 0.6 is 0 Å². The Morgan fingerprint density at radius 3 is 2.62 bits per heavy atom. The summed E-state index contributed by atoms with van der Waals surface area (Å²) in [6.45, 7) is 2.81. The SMILES string of the molecule is CCCCN(CCNC(=O)c1cccc(F)c1)S(C)(=O)=O. The molecule has 0 aliphatic rings. The van der Waals surface area contributed by atoms with Crippen molar-refractivity contribution in [3.8, 4) is 0 Å². The molecule has 1 amide bonds. The minimum atomic E-state index is -3.28. The van der Waals surface area contributed by atoms with Gasteiger partial charge < -0.3 is 5.32 Å². The molecular formula is C14H21FN2O3S. The molecule has 21 heavy (non-hydrogen) atoms. The average molecular weight is 316 g/mol. The monoisotopic (exact) mass is 316 g/mol. The zero-order valence-electron chi connectivity index (χ0n) is 12.3. The summed E-state index contributed by atoms with van der Waals surface area (Å²) in [4.78, 5) is 11.8. The zero-order chi connectivity index (χ0) is 15.9. The summed E-state index contributed by atoms with van der Waals surface area (Å²) in [7, 11) is -3.28. The number of hydrogen-bond acceptors (Lipinski definition) is 3. The third-order valence-corrected chi connectivity index (χ3v) is 4.27. The van der Waals surface area contributed by atoms with Gasteiger partial charge in [0.1, 0.15) is 5.82 Å². The summed E-state index contributed by atoms with van der Waals surface area (Å²) in [5.74, 6) is -0.901. The molecule has 0 radical (unpaired) electrons. The molecule has 1 rings (SSSR count). The zero-order valence-corrected chi connectivity index (χ0v) is 13.1. The lowest BCUT2D eigenvalue weighted by Gasteiger charge is -2.19. The lowest BCUT2D eigenvalue weighted by Crippen LogP contribution is -2.38. The van der Waals surface area contributed by atoms with Crippen molar-refractivity contribution >= 4 is 15.9 Å². The maximum absolute atomic E-state index is 13.0. The summed E-state index contributed by atoms with van der Waals surface area (Å²) in [5.41, 5.74) is 0.217. The number of benzene rings is 1. The summed E-state index contributed by atoms with van der Waals surface area (Å²) in [6.07, 6.45) is 2.81. The summed E-state index contributed by atoms with van der Waals surface area (Å²) >= 11 is 0. The van der Waals surface area contributed by atoms with Crippen molar-refractivity contribution in [3.63, 3.8) is 0 Å². The fourth-order valence-electron chi connectivity index (χ4n) is 1.80. The molecule has 0 spiro atoms. The Bertz CT molecular complexity index is 575. The Kier molecular flexibility index (Phi) is 6.77. The summed E-state index contributed by atoms with van der Waals surface area (Å²) in [6, 6.07) is 5.35. The molecule has 118 valence electrons. The first kappa shape index (κ1) is 17.6. The molecule has 0 saturated heterocycles. The van der Waals surface area contributed by atoms with E-state index in [1.165, 1.54) is 22.5 Å². The minimum absolute atomic E-state index is 0.187. The topological polar surface area (TPSA) is 66.5 Å². The average Bonchev–Trinajstić information content (AvgIpc) is 2.41. The second-order valence-corrected chi connectivity index (χ2v) is 6.76. The number of nitrogens with zero attached hydrogens (tertiary/aromatic N) is 1. The fourth-order valence-corrected chi connectivity index (χ4v) is 2.69. The number of carbonyl (C=O) groups excluding carboxylic acids is 1. The van der Waals surface area contributed by atoms with E-state index in [2.05, 4.69) is 5.32 Å². The highest BCUT2D eigenvalue weighted by atomic mass is 32.2. The van der Waals surface area contributed by atoms with Crippen LogP contribution in [0.25, 0.3) is 0 Å². The van der Waals surface area contributed by atoms with Crippen LogP contribution < -0.4 is 5.32 Å². The molecule has 0 unspecified atom stereocenters. The van der Waals surface area contributed by atoms with Gasteiger partial charge >= 0.3 is 0 Å². The van der Waals surface area contributed by atoms with Crippen molar-refractivity contribution in [2.75, 3.05) is 25.9 Å². The Labute approximate surface area is 125 Å². The van der Waals surface area contributed by atoms with Crippen LogP contribution in [0.3, 0.4) is 0 Å². The molecule has 0 fully saturated rings. The predicted octanol–water partition coefficient (Wildman–Crippen LogP) is 1.62. The van der Waals surface area contributed by atoms with Crippen LogP contribution in [-0.2, 0) is 10.0 Å². The minimum Gasteiger partial charge on any atom is -0.351 e. The second-order valence-electron chi connectivity index (χ2n) is 4.78. The van der Waals surface area contributed by atoms with Crippen LogP contribution in [0.5, 0.6) is 0 Å². The van der Waals surface area contributed by atoms with Crippen molar-refractivity contribution in [2.24, 2.45) is 0 Å². The number of rotatable bonds is 8. The lowest BCUT2D eigenvalue weighted by atomic mass is 10.2. The van der Waals surface area contributed by atoms with Gasteiger partial charge in [-0.25, -0.2) is 17.1 Å². The number of amides is 1.